The lowest BCUT2D eigenvalue weighted by molar-refractivity contribution is 0.619. The van der Waals surface area contributed by atoms with Crippen molar-refractivity contribution in [2.75, 3.05) is 5.32 Å². The Morgan fingerprint density at radius 2 is 1.86 bits per heavy atom. The molecule has 106 valence electrons. The highest BCUT2D eigenvalue weighted by molar-refractivity contribution is 5.79. The first-order valence-electron chi connectivity index (χ1n) is 6.98. The molecule has 3 aromatic rings. The molecule has 21 heavy (non-hydrogen) atoms. The molecule has 0 aliphatic heterocycles. The first kappa shape index (κ1) is 13.6. The summed E-state index contributed by atoms with van der Waals surface area (Å²) in [6, 6.07) is 15.5. The lowest BCUT2D eigenvalue weighted by Gasteiger charge is -2.08. The lowest BCUT2D eigenvalue weighted by atomic mass is 10.1. The summed E-state index contributed by atoms with van der Waals surface area (Å²) >= 11 is 0. The average molecular weight is 280 g/mol. The lowest BCUT2D eigenvalue weighted by Crippen LogP contribution is -2.00. The van der Waals surface area contributed by atoms with Gasteiger partial charge in [0.2, 0.25) is 0 Å². The first-order chi connectivity index (χ1) is 10.1. The van der Waals surface area contributed by atoms with E-state index >= 15 is 0 Å². The maximum atomic E-state index is 13.5. The van der Waals surface area contributed by atoms with Gasteiger partial charge in [0.25, 0.3) is 0 Å². The van der Waals surface area contributed by atoms with E-state index in [1.54, 1.807) is 13.0 Å². The van der Waals surface area contributed by atoms with Gasteiger partial charge in [0.1, 0.15) is 5.82 Å². The third-order valence-electron chi connectivity index (χ3n) is 3.56. The molecular weight excluding hydrogens is 263 g/mol. The van der Waals surface area contributed by atoms with Crippen LogP contribution in [0.5, 0.6) is 0 Å². The number of rotatable bonds is 3. The van der Waals surface area contributed by atoms with Gasteiger partial charge in [-0.25, -0.2) is 4.39 Å². The smallest absolute Gasteiger partial charge is 0.128 e. The topological polar surface area (TPSA) is 24.9 Å². The van der Waals surface area contributed by atoms with Crippen molar-refractivity contribution in [1.29, 1.82) is 0 Å². The molecule has 0 unspecified atom stereocenters. The van der Waals surface area contributed by atoms with Gasteiger partial charge in [0.05, 0.1) is 5.52 Å². The Morgan fingerprint density at radius 1 is 1.00 bits per heavy atom. The Kier molecular flexibility index (Phi) is 3.57. The van der Waals surface area contributed by atoms with Crippen molar-refractivity contribution in [3.05, 3.63) is 71.2 Å². The predicted molar refractivity (Wildman–Crippen MR) is 84.9 cm³/mol. The molecule has 0 spiro atoms. The van der Waals surface area contributed by atoms with Gasteiger partial charge in [-0.15, -0.1) is 0 Å². The second kappa shape index (κ2) is 5.52. The van der Waals surface area contributed by atoms with Crippen molar-refractivity contribution in [1.82, 2.24) is 4.98 Å². The van der Waals surface area contributed by atoms with Gasteiger partial charge in [-0.1, -0.05) is 18.2 Å². The summed E-state index contributed by atoms with van der Waals surface area (Å²) in [5, 5.41) is 4.37. The van der Waals surface area contributed by atoms with Crippen LogP contribution < -0.4 is 5.32 Å². The van der Waals surface area contributed by atoms with Crippen LogP contribution in [0.4, 0.5) is 10.1 Å². The van der Waals surface area contributed by atoms with Gasteiger partial charge in [-0.2, -0.15) is 0 Å². The minimum Gasteiger partial charge on any atom is -0.381 e. The Labute approximate surface area is 123 Å². The van der Waals surface area contributed by atoms with E-state index in [2.05, 4.69) is 22.4 Å². The number of hydrogen-bond acceptors (Lipinski definition) is 2. The van der Waals surface area contributed by atoms with E-state index in [0.29, 0.717) is 12.1 Å². The molecule has 1 heterocycles. The minimum atomic E-state index is -0.182. The van der Waals surface area contributed by atoms with E-state index in [9.17, 15) is 4.39 Å². The summed E-state index contributed by atoms with van der Waals surface area (Å²) in [6.45, 7) is 4.41. The number of halogens is 1. The zero-order valence-corrected chi connectivity index (χ0v) is 12.2. The van der Waals surface area contributed by atoms with Crippen molar-refractivity contribution < 1.29 is 4.39 Å². The molecule has 0 bridgehead atoms. The fourth-order valence-corrected chi connectivity index (χ4v) is 2.29. The molecule has 3 rings (SSSR count). The summed E-state index contributed by atoms with van der Waals surface area (Å²) < 4.78 is 13.5. The van der Waals surface area contributed by atoms with Crippen LogP contribution in [0.2, 0.25) is 0 Å². The second-order valence-electron chi connectivity index (χ2n) is 5.30. The maximum Gasteiger partial charge on any atom is 0.128 e. The van der Waals surface area contributed by atoms with Crippen LogP contribution in [-0.4, -0.2) is 4.98 Å². The summed E-state index contributed by atoms with van der Waals surface area (Å²) in [5.41, 5.74) is 4.62. The van der Waals surface area contributed by atoms with Crippen LogP contribution in [0.3, 0.4) is 0 Å². The molecule has 0 saturated heterocycles. The van der Waals surface area contributed by atoms with Crippen molar-refractivity contribution in [3.63, 3.8) is 0 Å². The largest absolute Gasteiger partial charge is 0.381 e. The summed E-state index contributed by atoms with van der Waals surface area (Å²) in [5.74, 6) is -0.182. The number of aromatic nitrogens is 1. The van der Waals surface area contributed by atoms with Crippen molar-refractivity contribution in [2.24, 2.45) is 0 Å². The number of pyridine rings is 1. The van der Waals surface area contributed by atoms with Crippen LogP contribution in [0.25, 0.3) is 10.9 Å². The standard InChI is InChI=1S/C18H17FN2/c1-12-3-7-16(10-17(12)19)20-11-14-5-8-18-15(9-14)6-4-13(2)21-18/h3-10,20H,11H2,1-2H3. The number of hydrogen-bond donors (Lipinski definition) is 1. The van der Waals surface area contributed by atoms with Gasteiger partial charge in [0, 0.05) is 23.3 Å². The molecule has 0 amide bonds. The molecule has 0 atom stereocenters. The van der Waals surface area contributed by atoms with E-state index in [4.69, 9.17) is 0 Å². The quantitative estimate of drug-likeness (QED) is 0.758. The summed E-state index contributed by atoms with van der Waals surface area (Å²) in [7, 11) is 0. The van der Waals surface area contributed by atoms with Gasteiger partial charge < -0.3 is 5.32 Å². The first-order valence-corrected chi connectivity index (χ1v) is 6.98. The molecule has 2 nitrogen and oxygen atoms in total. The van der Waals surface area contributed by atoms with Gasteiger partial charge >= 0.3 is 0 Å². The van der Waals surface area contributed by atoms with E-state index in [-0.39, 0.29) is 5.82 Å². The molecule has 1 aromatic heterocycles. The number of nitrogens with one attached hydrogen (secondary N) is 1. The monoisotopic (exact) mass is 280 g/mol. The fourth-order valence-electron chi connectivity index (χ4n) is 2.29. The van der Waals surface area contributed by atoms with Crippen molar-refractivity contribution in [2.45, 2.75) is 20.4 Å². The number of nitrogens with zero attached hydrogens (tertiary/aromatic N) is 1. The Hall–Kier alpha value is -2.42. The molecule has 2 aromatic carbocycles. The van der Waals surface area contributed by atoms with E-state index in [1.807, 2.05) is 31.2 Å². The normalized spacial score (nSPS) is 10.8. The zero-order chi connectivity index (χ0) is 14.8. The molecule has 0 aliphatic carbocycles. The molecule has 0 saturated carbocycles. The average Bonchev–Trinajstić information content (AvgIpc) is 2.48. The number of fused-ring (bicyclic) bond motifs is 1. The molecule has 0 fully saturated rings. The highest BCUT2D eigenvalue weighted by Gasteiger charge is 2.01. The summed E-state index contributed by atoms with van der Waals surface area (Å²) in [6.07, 6.45) is 0. The Morgan fingerprint density at radius 3 is 2.67 bits per heavy atom. The highest BCUT2D eigenvalue weighted by Crippen LogP contribution is 2.17. The van der Waals surface area contributed by atoms with Crippen LogP contribution in [0.15, 0.2) is 48.5 Å². The van der Waals surface area contributed by atoms with E-state index < -0.39 is 0 Å². The number of aryl methyl sites for hydroxylation is 2. The Balaban J connectivity index is 1.78. The maximum absolute atomic E-state index is 13.5. The van der Waals surface area contributed by atoms with Crippen LogP contribution in [0, 0.1) is 19.7 Å². The Bertz CT molecular complexity index is 796. The second-order valence-corrected chi connectivity index (χ2v) is 5.30. The third-order valence-corrected chi connectivity index (χ3v) is 3.56. The van der Waals surface area contributed by atoms with E-state index in [0.717, 1.165) is 27.8 Å². The van der Waals surface area contributed by atoms with Gasteiger partial charge in [-0.3, -0.25) is 4.98 Å². The molecular formula is C18H17FN2. The molecule has 0 aliphatic rings. The highest BCUT2D eigenvalue weighted by atomic mass is 19.1. The molecule has 1 N–H and O–H groups in total. The van der Waals surface area contributed by atoms with Crippen LogP contribution in [0.1, 0.15) is 16.8 Å². The van der Waals surface area contributed by atoms with Crippen molar-refractivity contribution in [3.8, 4) is 0 Å². The predicted octanol–water partition coefficient (Wildman–Crippen LogP) is 4.60. The molecule has 0 radical (unpaired) electrons. The third kappa shape index (κ3) is 3.02. The molecule has 3 heteroatoms. The zero-order valence-electron chi connectivity index (χ0n) is 12.2. The fraction of sp³-hybridized carbons (Fsp3) is 0.167. The summed E-state index contributed by atoms with van der Waals surface area (Å²) in [4.78, 5) is 4.49. The number of anilines is 1. The number of benzene rings is 2. The van der Waals surface area contributed by atoms with Crippen LogP contribution in [-0.2, 0) is 6.54 Å². The van der Waals surface area contributed by atoms with E-state index in [1.165, 1.54) is 6.07 Å². The van der Waals surface area contributed by atoms with Crippen LogP contribution >= 0.6 is 0 Å². The van der Waals surface area contributed by atoms with Crippen molar-refractivity contribution >= 4 is 16.6 Å². The van der Waals surface area contributed by atoms with Gasteiger partial charge in [0.15, 0.2) is 0 Å². The SMILES string of the molecule is Cc1ccc2cc(CNc3ccc(C)c(F)c3)ccc2n1. The minimum absolute atomic E-state index is 0.182. The van der Waals surface area contributed by atoms with Gasteiger partial charge in [-0.05, 0) is 55.3 Å².